The van der Waals surface area contributed by atoms with Gasteiger partial charge in [0.15, 0.2) is 0 Å². The zero-order valence-corrected chi connectivity index (χ0v) is 12.6. The largest absolute Gasteiger partial charge is 0.457 e. The van der Waals surface area contributed by atoms with E-state index < -0.39 is 24.2 Å². The first-order valence-corrected chi connectivity index (χ1v) is 7.32. The second-order valence-corrected chi connectivity index (χ2v) is 5.17. The van der Waals surface area contributed by atoms with Crippen LogP contribution in [-0.4, -0.2) is 17.9 Å². The Bertz CT molecular complexity index is 735. The molecule has 6 nitrogen and oxygen atoms in total. The van der Waals surface area contributed by atoms with E-state index in [1.165, 1.54) is 12.1 Å². The molecule has 0 bridgehead atoms. The smallest absolute Gasteiger partial charge is 0.338 e. The SMILES string of the molecule is O=C1CC(=O)OC(c2ccc(C(=O)OCc3ccccc3)cc2)O1. The zero-order chi connectivity index (χ0) is 16.9. The molecular formula is C18H14O6. The van der Waals surface area contributed by atoms with Crippen LogP contribution in [0.5, 0.6) is 0 Å². The first-order valence-electron chi connectivity index (χ1n) is 7.32. The molecule has 0 atom stereocenters. The van der Waals surface area contributed by atoms with Gasteiger partial charge in [-0.1, -0.05) is 42.5 Å². The van der Waals surface area contributed by atoms with Crippen LogP contribution in [0.25, 0.3) is 0 Å². The van der Waals surface area contributed by atoms with Gasteiger partial charge >= 0.3 is 17.9 Å². The number of esters is 3. The predicted octanol–water partition coefficient (Wildman–Crippen LogP) is 2.53. The van der Waals surface area contributed by atoms with Gasteiger partial charge in [0.25, 0.3) is 6.29 Å². The maximum Gasteiger partial charge on any atom is 0.338 e. The fraction of sp³-hybridized carbons (Fsp3) is 0.167. The fourth-order valence-corrected chi connectivity index (χ4v) is 2.18. The summed E-state index contributed by atoms with van der Waals surface area (Å²) in [6.07, 6.45) is -1.46. The highest BCUT2D eigenvalue weighted by Gasteiger charge is 2.29. The van der Waals surface area contributed by atoms with Crippen LogP contribution in [0.4, 0.5) is 0 Å². The molecule has 0 unspecified atom stereocenters. The van der Waals surface area contributed by atoms with E-state index in [1.807, 2.05) is 30.3 Å². The lowest BCUT2D eigenvalue weighted by Gasteiger charge is -2.22. The Hall–Kier alpha value is -3.15. The molecule has 2 aromatic carbocycles. The molecule has 1 aliphatic heterocycles. The zero-order valence-electron chi connectivity index (χ0n) is 12.6. The molecule has 6 heteroatoms. The van der Waals surface area contributed by atoms with Gasteiger partial charge in [-0.15, -0.1) is 0 Å². The molecule has 0 amide bonds. The number of rotatable bonds is 4. The van der Waals surface area contributed by atoms with Crippen molar-refractivity contribution in [3.05, 3.63) is 71.3 Å². The van der Waals surface area contributed by atoms with Crippen molar-refractivity contribution in [2.45, 2.75) is 19.3 Å². The topological polar surface area (TPSA) is 78.9 Å². The van der Waals surface area contributed by atoms with E-state index in [9.17, 15) is 14.4 Å². The van der Waals surface area contributed by atoms with E-state index in [4.69, 9.17) is 14.2 Å². The lowest BCUT2D eigenvalue weighted by Crippen LogP contribution is -2.26. The molecule has 1 fully saturated rings. The standard InChI is InChI=1S/C18H14O6/c19-15-10-16(20)24-18(23-15)14-8-6-13(7-9-14)17(21)22-11-12-4-2-1-3-5-12/h1-9,18H,10-11H2. The molecule has 3 rings (SSSR count). The Morgan fingerprint density at radius 2 is 1.58 bits per heavy atom. The average Bonchev–Trinajstić information content (AvgIpc) is 2.60. The van der Waals surface area contributed by atoms with E-state index >= 15 is 0 Å². The molecule has 1 saturated heterocycles. The van der Waals surface area contributed by atoms with Crippen LogP contribution in [-0.2, 0) is 30.4 Å². The van der Waals surface area contributed by atoms with E-state index in [0.29, 0.717) is 11.1 Å². The summed E-state index contributed by atoms with van der Waals surface area (Å²) in [5, 5.41) is 0. The highest BCUT2D eigenvalue weighted by molar-refractivity contribution is 5.93. The van der Waals surface area contributed by atoms with E-state index in [0.717, 1.165) is 5.56 Å². The Morgan fingerprint density at radius 1 is 0.958 bits per heavy atom. The van der Waals surface area contributed by atoms with Crippen molar-refractivity contribution in [2.75, 3.05) is 0 Å². The van der Waals surface area contributed by atoms with Gasteiger partial charge in [-0.2, -0.15) is 0 Å². The Morgan fingerprint density at radius 3 is 2.21 bits per heavy atom. The number of hydrogen-bond acceptors (Lipinski definition) is 6. The van der Waals surface area contributed by atoms with Gasteiger partial charge in [0, 0.05) is 5.56 Å². The number of hydrogen-bond donors (Lipinski definition) is 0. The van der Waals surface area contributed by atoms with Gasteiger partial charge in [0.1, 0.15) is 13.0 Å². The lowest BCUT2D eigenvalue weighted by atomic mass is 10.1. The summed E-state index contributed by atoms with van der Waals surface area (Å²) in [7, 11) is 0. The van der Waals surface area contributed by atoms with Crippen molar-refractivity contribution in [1.82, 2.24) is 0 Å². The Balaban J connectivity index is 1.62. The van der Waals surface area contributed by atoms with Gasteiger partial charge in [-0.3, -0.25) is 9.59 Å². The molecule has 0 saturated carbocycles. The van der Waals surface area contributed by atoms with E-state index in [1.54, 1.807) is 12.1 Å². The van der Waals surface area contributed by atoms with Crippen LogP contribution in [0.2, 0.25) is 0 Å². The van der Waals surface area contributed by atoms with Crippen molar-refractivity contribution in [3.8, 4) is 0 Å². The normalized spacial score (nSPS) is 14.7. The minimum atomic E-state index is -1.08. The summed E-state index contributed by atoms with van der Waals surface area (Å²) < 4.78 is 15.1. The summed E-state index contributed by atoms with van der Waals surface area (Å²) in [6, 6.07) is 15.5. The van der Waals surface area contributed by atoms with Crippen molar-refractivity contribution < 1.29 is 28.6 Å². The second kappa shape index (κ2) is 6.95. The highest BCUT2D eigenvalue weighted by Crippen LogP contribution is 2.24. The molecule has 0 N–H and O–H groups in total. The second-order valence-electron chi connectivity index (χ2n) is 5.17. The molecule has 24 heavy (non-hydrogen) atoms. The predicted molar refractivity (Wildman–Crippen MR) is 81.5 cm³/mol. The van der Waals surface area contributed by atoms with Gasteiger partial charge in [-0.05, 0) is 17.7 Å². The molecule has 122 valence electrons. The molecule has 1 heterocycles. The maximum atomic E-state index is 12.0. The third-order valence-electron chi connectivity index (χ3n) is 3.40. The van der Waals surface area contributed by atoms with E-state index in [2.05, 4.69) is 0 Å². The number of carbonyl (C=O) groups is 3. The number of cyclic esters (lactones) is 2. The third-order valence-corrected chi connectivity index (χ3v) is 3.40. The van der Waals surface area contributed by atoms with Crippen molar-refractivity contribution in [1.29, 1.82) is 0 Å². The van der Waals surface area contributed by atoms with Crippen LogP contribution in [0.3, 0.4) is 0 Å². The minimum Gasteiger partial charge on any atom is -0.457 e. The van der Waals surface area contributed by atoms with Crippen LogP contribution < -0.4 is 0 Å². The molecule has 0 radical (unpaired) electrons. The summed E-state index contributed by atoms with van der Waals surface area (Å²) in [4.78, 5) is 34.5. The van der Waals surface area contributed by atoms with Crippen molar-refractivity contribution in [3.63, 3.8) is 0 Å². The van der Waals surface area contributed by atoms with Gasteiger partial charge < -0.3 is 14.2 Å². The Kier molecular flexibility index (Phi) is 4.56. The van der Waals surface area contributed by atoms with Crippen LogP contribution >= 0.6 is 0 Å². The van der Waals surface area contributed by atoms with E-state index in [-0.39, 0.29) is 13.0 Å². The van der Waals surface area contributed by atoms with Crippen LogP contribution in [0.1, 0.15) is 34.2 Å². The van der Waals surface area contributed by atoms with Gasteiger partial charge in [-0.25, -0.2) is 4.79 Å². The summed E-state index contributed by atoms with van der Waals surface area (Å²) in [6.45, 7) is 0.180. The molecule has 1 aliphatic rings. The minimum absolute atomic E-state index is 0.180. The molecule has 2 aromatic rings. The molecule has 0 aliphatic carbocycles. The van der Waals surface area contributed by atoms with Crippen LogP contribution in [0, 0.1) is 0 Å². The summed E-state index contributed by atoms with van der Waals surface area (Å²) in [5.41, 5.74) is 1.71. The van der Waals surface area contributed by atoms with Crippen molar-refractivity contribution >= 4 is 17.9 Å². The summed E-state index contributed by atoms with van der Waals surface area (Å²) >= 11 is 0. The quantitative estimate of drug-likeness (QED) is 0.634. The summed E-state index contributed by atoms with van der Waals surface area (Å²) in [5.74, 6) is -1.74. The molecule has 0 spiro atoms. The molecule has 0 aromatic heterocycles. The van der Waals surface area contributed by atoms with Crippen LogP contribution in [0.15, 0.2) is 54.6 Å². The number of benzene rings is 2. The monoisotopic (exact) mass is 326 g/mol. The molecular weight excluding hydrogens is 312 g/mol. The lowest BCUT2D eigenvalue weighted by molar-refractivity contribution is -0.204. The highest BCUT2D eigenvalue weighted by atomic mass is 16.7. The Labute approximate surface area is 137 Å². The van der Waals surface area contributed by atoms with Gasteiger partial charge in [0.2, 0.25) is 0 Å². The first kappa shape index (κ1) is 15.7. The fourth-order valence-electron chi connectivity index (χ4n) is 2.18. The number of carbonyl (C=O) groups excluding carboxylic acids is 3. The first-order chi connectivity index (χ1) is 11.6. The van der Waals surface area contributed by atoms with Crippen molar-refractivity contribution in [2.24, 2.45) is 0 Å². The number of ether oxygens (including phenoxy) is 3. The van der Waals surface area contributed by atoms with Gasteiger partial charge in [0.05, 0.1) is 5.56 Å². The third kappa shape index (κ3) is 3.78. The maximum absolute atomic E-state index is 12.0. The average molecular weight is 326 g/mol.